The zero-order valence-electron chi connectivity index (χ0n) is 20.0. The van der Waals surface area contributed by atoms with E-state index in [1.165, 1.54) is 16.8 Å². The van der Waals surface area contributed by atoms with E-state index in [2.05, 4.69) is 45.2 Å². The van der Waals surface area contributed by atoms with Gasteiger partial charge in [0.15, 0.2) is 6.29 Å². The second-order valence-corrected chi connectivity index (χ2v) is 8.73. The molecule has 4 rings (SSSR count). The maximum Gasteiger partial charge on any atom is 0.157 e. The van der Waals surface area contributed by atoms with Gasteiger partial charge in [-0.1, -0.05) is 6.07 Å². The fraction of sp³-hybridized carbons (Fsp3) is 0.370. The van der Waals surface area contributed by atoms with Crippen LogP contribution in [0.1, 0.15) is 24.0 Å². The topological polar surface area (TPSA) is 61.8 Å². The summed E-state index contributed by atoms with van der Waals surface area (Å²) in [6.07, 6.45) is 11.2. The first-order valence-electron chi connectivity index (χ1n) is 11.8. The van der Waals surface area contributed by atoms with Crippen LogP contribution in [-0.4, -0.2) is 61.1 Å². The zero-order chi connectivity index (χ0) is 23.8. The Balaban J connectivity index is 1.30. The van der Waals surface area contributed by atoms with Gasteiger partial charge in [-0.05, 0) is 73.8 Å². The maximum absolute atomic E-state index is 11.4. The number of likely N-dealkylation sites (N-methyl/N-ethyl adjacent to an activating group) is 2. The Bertz CT molecular complexity index is 1050. The van der Waals surface area contributed by atoms with E-state index in [-0.39, 0.29) is 6.17 Å². The molecule has 2 aromatic heterocycles. The van der Waals surface area contributed by atoms with Gasteiger partial charge in [0.25, 0.3) is 0 Å². The summed E-state index contributed by atoms with van der Waals surface area (Å²) in [5, 5.41) is 0. The minimum Gasteiger partial charge on any atom is -0.494 e. The van der Waals surface area contributed by atoms with Crippen LogP contribution in [0.3, 0.4) is 0 Å². The van der Waals surface area contributed by atoms with Gasteiger partial charge in [0, 0.05) is 62.8 Å². The number of hydrogen-bond donors (Lipinski definition) is 0. The number of rotatable bonds is 11. The third-order valence-corrected chi connectivity index (χ3v) is 6.31. The van der Waals surface area contributed by atoms with Crippen molar-refractivity contribution in [2.75, 3.05) is 43.6 Å². The molecule has 3 aromatic rings. The second kappa shape index (κ2) is 11.6. The highest BCUT2D eigenvalue weighted by atomic mass is 16.5. The van der Waals surface area contributed by atoms with Crippen LogP contribution in [0.15, 0.2) is 67.3 Å². The first-order valence-corrected chi connectivity index (χ1v) is 11.8. The Morgan fingerprint density at radius 3 is 2.65 bits per heavy atom. The molecule has 0 saturated carbocycles. The predicted octanol–water partition coefficient (Wildman–Crippen LogP) is 3.79. The molecule has 0 aliphatic carbocycles. The number of pyridine rings is 2. The normalized spacial score (nSPS) is 15.6. The Kier molecular flexibility index (Phi) is 8.09. The Morgan fingerprint density at radius 2 is 1.88 bits per heavy atom. The summed E-state index contributed by atoms with van der Waals surface area (Å²) in [6.45, 7) is 3.25. The lowest BCUT2D eigenvalue weighted by Crippen LogP contribution is -2.49. The number of benzene rings is 1. The first kappa shape index (κ1) is 23.7. The van der Waals surface area contributed by atoms with Crippen LogP contribution in [0.4, 0.5) is 11.4 Å². The van der Waals surface area contributed by atoms with E-state index in [0.717, 1.165) is 56.6 Å². The first-order chi connectivity index (χ1) is 16.7. The van der Waals surface area contributed by atoms with E-state index in [4.69, 9.17) is 4.74 Å². The number of fused-ring (bicyclic) bond motifs is 1. The molecule has 0 amide bonds. The molecule has 1 aliphatic heterocycles. The van der Waals surface area contributed by atoms with Gasteiger partial charge in [0.1, 0.15) is 11.9 Å². The molecule has 1 atom stereocenters. The quantitative estimate of drug-likeness (QED) is 0.319. The number of nitrogens with zero attached hydrogens (tertiary/aromatic N) is 5. The molecule has 0 fully saturated rings. The van der Waals surface area contributed by atoms with Crippen molar-refractivity contribution in [3.05, 3.63) is 78.4 Å². The van der Waals surface area contributed by atoms with E-state index in [9.17, 15) is 4.79 Å². The highest BCUT2D eigenvalue weighted by Gasteiger charge is 2.27. The number of ether oxygens (including phenoxy) is 1. The molecule has 0 N–H and O–H groups in total. The van der Waals surface area contributed by atoms with Crippen LogP contribution in [-0.2, 0) is 17.8 Å². The SMILES string of the molecule is CN1Cc2cc(OCCCN(CCCc3cccnc3)c3ccncc3)ccc2N(C)C1C=O. The number of aldehydes is 1. The molecule has 7 heteroatoms. The van der Waals surface area contributed by atoms with Crippen LogP contribution in [0.2, 0.25) is 0 Å². The highest BCUT2D eigenvalue weighted by Crippen LogP contribution is 2.31. The summed E-state index contributed by atoms with van der Waals surface area (Å²) in [4.78, 5) is 26.2. The predicted molar refractivity (Wildman–Crippen MR) is 135 cm³/mol. The Labute approximate surface area is 202 Å². The average Bonchev–Trinajstić information content (AvgIpc) is 2.86. The van der Waals surface area contributed by atoms with E-state index < -0.39 is 0 Å². The summed E-state index contributed by atoms with van der Waals surface area (Å²) in [5.41, 5.74) is 4.71. The molecule has 0 radical (unpaired) electrons. The summed E-state index contributed by atoms with van der Waals surface area (Å²) in [6, 6.07) is 14.4. The van der Waals surface area contributed by atoms with Crippen LogP contribution in [0.5, 0.6) is 5.75 Å². The smallest absolute Gasteiger partial charge is 0.157 e. The molecule has 0 bridgehead atoms. The van der Waals surface area contributed by atoms with E-state index in [1.54, 1.807) is 0 Å². The van der Waals surface area contributed by atoms with Crippen molar-refractivity contribution in [3.63, 3.8) is 0 Å². The van der Waals surface area contributed by atoms with Crippen molar-refractivity contribution in [2.24, 2.45) is 0 Å². The minimum absolute atomic E-state index is 0.225. The van der Waals surface area contributed by atoms with E-state index in [1.807, 2.05) is 60.8 Å². The lowest BCUT2D eigenvalue weighted by atomic mass is 10.1. The largest absolute Gasteiger partial charge is 0.494 e. The molecule has 7 nitrogen and oxygen atoms in total. The number of aromatic nitrogens is 2. The molecule has 0 spiro atoms. The molecule has 34 heavy (non-hydrogen) atoms. The van der Waals surface area contributed by atoms with Crippen molar-refractivity contribution in [1.82, 2.24) is 14.9 Å². The van der Waals surface area contributed by atoms with Crippen molar-refractivity contribution in [1.29, 1.82) is 0 Å². The summed E-state index contributed by atoms with van der Waals surface area (Å²) in [5.74, 6) is 0.872. The Hall–Kier alpha value is -3.45. The van der Waals surface area contributed by atoms with Gasteiger partial charge in [0.2, 0.25) is 0 Å². The van der Waals surface area contributed by atoms with Gasteiger partial charge in [-0.2, -0.15) is 0 Å². The lowest BCUT2D eigenvalue weighted by molar-refractivity contribution is -0.112. The molecule has 1 unspecified atom stereocenters. The van der Waals surface area contributed by atoms with Crippen molar-refractivity contribution >= 4 is 17.7 Å². The monoisotopic (exact) mass is 459 g/mol. The maximum atomic E-state index is 11.4. The number of aryl methyl sites for hydroxylation is 1. The van der Waals surface area contributed by atoms with Gasteiger partial charge in [0.05, 0.1) is 6.61 Å². The standard InChI is InChI=1S/C27H33N5O2/c1-30-20-23-18-25(8-9-26(23)31(2)27(30)21-33)34-17-5-16-32(24-10-13-28-14-11-24)15-4-7-22-6-3-12-29-19-22/h3,6,8-14,18-19,21,27H,4-5,7,15-17,20H2,1-2H3. The molecule has 1 aliphatic rings. The summed E-state index contributed by atoms with van der Waals surface area (Å²) >= 11 is 0. The third-order valence-electron chi connectivity index (χ3n) is 6.31. The highest BCUT2D eigenvalue weighted by molar-refractivity contribution is 5.69. The molecule has 0 saturated heterocycles. The van der Waals surface area contributed by atoms with Crippen LogP contribution < -0.4 is 14.5 Å². The molecule has 178 valence electrons. The van der Waals surface area contributed by atoms with Gasteiger partial charge in [-0.15, -0.1) is 0 Å². The number of carbonyl (C=O) groups is 1. The van der Waals surface area contributed by atoms with Gasteiger partial charge >= 0.3 is 0 Å². The van der Waals surface area contributed by atoms with E-state index >= 15 is 0 Å². The van der Waals surface area contributed by atoms with Gasteiger partial charge in [-0.3, -0.25) is 19.7 Å². The van der Waals surface area contributed by atoms with Crippen LogP contribution in [0.25, 0.3) is 0 Å². The number of anilines is 2. The fourth-order valence-electron chi connectivity index (χ4n) is 4.51. The number of carbonyl (C=O) groups excluding carboxylic acids is 1. The summed E-state index contributed by atoms with van der Waals surface area (Å²) in [7, 11) is 3.92. The Morgan fingerprint density at radius 1 is 1.06 bits per heavy atom. The van der Waals surface area contributed by atoms with Gasteiger partial charge in [-0.25, -0.2) is 0 Å². The van der Waals surface area contributed by atoms with Crippen molar-refractivity contribution < 1.29 is 9.53 Å². The molecule has 3 heterocycles. The lowest BCUT2D eigenvalue weighted by Gasteiger charge is -2.39. The number of hydrogen-bond acceptors (Lipinski definition) is 7. The summed E-state index contributed by atoms with van der Waals surface area (Å²) < 4.78 is 6.10. The fourth-order valence-corrected chi connectivity index (χ4v) is 4.51. The molecular weight excluding hydrogens is 426 g/mol. The third kappa shape index (κ3) is 5.91. The molecule has 1 aromatic carbocycles. The second-order valence-electron chi connectivity index (χ2n) is 8.73. The van der Waals surface area contributed by atoms with Crippen LogP contribution >= 0.6 is 0 Å². The zero-order valence-corrected chi connectivity index (χ0v) is 20.0. The minimum atomic E-state index is -0.225. The average molecular weight is 460 g/mol. The van der Waals surface area contributed by atoms with Crippen molar-refractivity contribution in [3.8, 4) is 5.75 Å². The molecular formula is C27H33N5O2. The van der Waals surface area contributed by atoms with Crippen molar-refractivity contribution in [2.45, 2.75) is 32.0 Å². The van der Waals surface area contributed by atoms with Gasteiger partial charge < -0.3 is 14.5 Å². The van der Waals surface area contributed by atoms with Crippen LogP contribution in [0, 0.1) is 0 Å². The van der Waals surface area contributed by atoms with E-state index in [0.29, 0.717) is 6.61 Å².